The second-order valence-corrected chi connectivity index (χ2v) is 8.51. The van der Waals surface area contributed by atoms with Gasteiger partial charge in [-0.05, 0) is 13.0 Å². The van der Waals surface area contributed by atoms with Gasteiger partial charge < -0.3 is 4.90 Å². The van der Waals surface area contributed by atoms with E-state index in [1.165, 1.54) is 17.8 Å². The molecule has 0 spiro atoms. The Morgan fingerprint density at radius 3 is 2.50 bits per heavy atom. The molecule has 1 amide bonds. The van der Waals surface area contributed by atoms with Crippen molar-refractivity contribution in [3.63, 3.8) is 0 Å². The number of rotatable bonds is 5. The molecule has 0 bridgehead atoms. The number of aromatic nitrogens is 5. The Bertz CT molecular complexity index is 1320. The standard InChI is InChI=1S/C24H25F2N7O/c1-16-18(14-30(2)29-16)15-31-8-10-32(11-9-31)24(34)19-13-27-33-21(22(25)26)12-20(28-23(19)33)17-6-4-3-5-7-17/h3-7,12-14,22H,8-11,15H2,1-2H3. The first-order chi connectivity index (χ1) is 16.4. The quantitative estimate of drug-likeness (QED) is 0.452. The number of hydrogen-bond acceptors (Lipinski definition) is 5. The van der Waals surface area contributed by atoms with Crippen LogP contribution in [0.4, 0.5) is 8.78 Å². The Labute approximate surface area is 195 Å². The minimum atomic E-state index is -2.75. The molecule has 176 valence electrons. The van der Waals surface area contributed by atoms with E-state index in [9.17, 15) is 13.6 Å². The van der Waals surface area contributed by atoms with E-state index in [-0.39, 0.29) is 22.8 Å². The number of fused-ring (bicyclic) bond motifs is 1. The molecule has 5 rings (SSSR count). The van der Waals surface area contributed by atoms with Gasteiger partial charge in [0.25, 0.3) is 12.3 Å². The van der Waals surface area contributed by atoms with Crippen molar-refractivity contribution in [2.75, 3.05) is 26.2 Å². The Hall–Kier alpha value is -3.66. The van der Waals surface area contributed by atoms with Gasteiger partial charge in [-0.3, -0.25) is 14.4 Å². The third-order valence-electron chi connectivity index (χ3n) is 6.19. The molecule has 1 aliphatic rings. The third kappa shape index (κ3) is 4.16. The Balaban J connectivity index is 1.38. The van der Waals surface area contributed by atoms with Gasteiger partial charge in [0.05, 0.1) is 17.6 Å². The number of aryl methyl sites for hydroxylation is 2. The van der Waals surface area contributed by atoms with E-state index in [0.29, 0.717) is 37.4 Å². The Kier molecular flexibility index (Phi) is 5.82. The summed E-state index contributed by atoms with van der Waals surface area (Å²) < 4.78 is 30.5. The zero-order valence-electron chi connectivity index (χ0n) is 19.0. The molecule has 8 nitrogen and oxygen atoms in total. The largest absolute Gasteiger partial charge is 0.336 e. The first-order valence-corrected chi connectivity index (χ1v) is 11.1. The van der Waals surface area contributed by atoms with Gasteiger partial charge in [-0.15, -0.1) is 0 Å². The van der Waals surface area contributed by atoms with Gasteiger partial charge in [0.15, 0.2) is 5.65 Å². The number of nitrogens with zero attached hydrogens (tertiary/aromatic N) is 7. The molecule has 0 aliphatic carbocycles. The SMILES string of the molecule is Cc1nn(C)cc1CN1CCN(C(=O)c2cnn3c(C(F)F)cc(-c4ccccc4)nc23)CC1. The monoisotopic (exact) mass is 465 g/mol. The van der Waals surface area contributed by atoms with Crippen LogP contribution < -0.4 is 0 Å². The summed E-state index contributed by atoms with van der Waals surface area (Å²) in [7, 11) is 1.90. The minimum absolute atomic E-state index is 0.148. The van der Waals surface area contributed by atoms with E-state index in [4.69, 9.17) is 0 Å². The molecule has 1 aromatic carbocycles. The van der Waals surface area contributed by atoms with Gasteiger partial charge in [-0.25, -0.2) is 18.3 Å². The van der Waals surface area contributed by atoms with Gasteiger partial charge in [0.2, 0.25) is 0 Å². The molecular weight excluding hydrogens is 440 g/mol. The predicted octanol–water partition coefficient (Wildman–Crippen LogP) is 3.33. The van der Waals surface area contributed by atoms with Crippen LogP contribution in [0.25, 0.3) is 16.9 Å². The maximum absolute atomic E-state index is 13.8. The van der Waals surface area contributed by atoms with E-state index < -0.39 is 6.43 Å². The molecule has 1 fully saturated rings. The van der Waals surface area contributed by atoms with E-state index in [2.05, 4.69) is 20.1 Å². The van der Waals surface area contributed by atoms with Crippen molar-refractivity contribution in [1.82, 2.24) is 34.2 Å². The van der Waals surface area contributed by atoms with Crippen LogP contribution in [0, 0.1) is 6.92 Å². The molecule has 1 aliphatic heterocycles. The summed E-state index contributed by atoms with van der Waals surface area (Å²) in [5, 5.41) is 8.47. The van der Waals surface area contributed by atoms with Crippen molar-refractivity contribution in [3.8, 4) is 11.3 Å². The number of piperazine rings is 1. The zero-order chi connectivity index (χ0) is 23.8. The van der Waals surface area contributed by atoms with Crippen LogP contribution in [0.1, 0.15) is 33.7 Å². The van der Waals surface area contributed by atoms with Crippen molar-refractivity contribution in [1.29, 1.82) is 0 Å². The van der Waals surface area contributed by atoms with Gasteiger partial charge in [-0.2, -0.15) is 10.2 Å². The molecule has 3 aromatic heterocycles. The van der Waals surface area contributed by atoms with Crippen LogP contribution in [0.5, 0.6) is 0 Å². The lowest BCUT2D eigenvalue weighted by molar-refractivity contribution is 0.0629. The molecule has 1 saturated heterocycles. The lowest BCUT2D eigenvalue weighted by atomic mass is 10.1. The van der Waals surface area contributed by atoms with Crippen molar-refractivity contribution in [3.05, 3.63) is 71.3 Å². The van der Waals surface area contributed by atoms with Crippen LogP contribution in [-0.2, 0) is 13.6 Å². The topological polar surface area (TPSA) is 71.6 Å². The molecule has 0 unspecified atom stereocenters. The van der Waals surface area contributed by atoms with Gasteiger partial charge in [0.1, 0.15) is 11.3 Å². The molecule has 0 radical (unpaired) electrons. The average molecular weight is 466 g/mol. The number of benzene rings is 1. The maximum atomic E-state index is 13.8. The average Bonchev–Trinajstić information content (AvgIpc) is 3.41. The highest BCUT2D eigenvalue weighted by Crippen LogP contribution is 2.27. The molecule has 34 heavy (non-hydrogen) atoms. The Morgan fingerprint density at radius 1 is 1.12 bits per heavy atom. The molecular formula is C24H25F2N7O. The summed E-state index contributed by atoms with van der Waals surface area (Å²) >= 11 is 0. The van der Waals surface area contributed by atoms with Crippen LogP contribution in [0.3, 0.4) is 0 Å². The number of alkyl halides is 2. The van der Waals surface area contributed by atoms with Crippen LogP contribution >= 0.6 is 0 Å². The highest BCUT2D eigenvalue weighted by molar-refractivity contribution is 6.00. The van der Waals surface area contributed by atoms with Gasteiger partial charge in [0, 0.05) is 57.1 Å². The van der Waals surface area contributed by atoms with Crippen molar-refractivity contribution < 1.29 is 13.6 Å². The van der Waals surface area contributed by atoms with Crippen LogP contribution in [0.2, 0.25) is 0 Å². The molecule has 10 heteroatoms. The van der Waals surface area contributed by atoms with Crippen LogP contribution in [0.15, 0.2) is 48.8 Å². The number of halogens is 2. The third-order valence-corrected chi connectivity index (χ3v) is 6.19. The summed E-state index contributed by atoms with van der Waals surface area (Å²) in [5.74, 6) is -0.245. The molecule has 4 aromatic rings. The summed E-state index contributed by atoms with van der Waals surface area (Å²) in [6.07, 6.45) is 0.606. The fourth-order valence-corrected chi connectivity index (χ4v) is 4.37. The Morgan fingerprint density at radius 2 is 1.85 bits per heavy atom. The van der Waals surface area contributed by atoms with Crippen molar-refractivity contribution >= 4 is 11.6 Å². The van der Waals surface area contributed by atoms with E-state index in [0.717, 1.165) is 16.8 Å². The molecule has 0 N–H and O–H groups in total. The number of hydrogen-bond donors (Lipinski definition) is 0. The fourth-order valence-electron chi connectivity index (χ4n) is 4.37. The van der Waals surface area contributed by atoms with Gasteiger partial charge in [-0.1, -0.05) is 30.3 Å². The number of amides is 1. The fraction of sp³-hybridized carbons (Fsp3) is 0.333. The maximum Gasteiger partial charge on any atom is 0.280 e. The van der Waals surface area contributed by atoms with E-state index in [1.807, 2.05) is 38.4 Å². The lowest BCUT2D eigenvalue weighted by Crippen LogP contribution is -2.48. The van der Waals surface area contributed by atoms with Crippen molar-refractivity contribution in [2.24, 2.45) is 7.05 Å². The molecule has 0 atom stereocenters. The predicted molar refractivity (Wildman–Crippen MR) is 123 cm³/mol. The number of carbonyl (C=O) groups is 1. The zero-order valence-corrected chi connectivity index (χ0v) is 19.0. The van der Waals surface area contributed by atoms with E-state index in [1.54, 1.807) is 21.7 Å². The van der Waals surface area contributed by atoms with E-state index >= 15 is 0 Å². The lowest BCUT2D eigenvalue weighted by Gasteiger charge is -2.34. The smallest absolute Gasteiger partial charge is 0.280 e. The summed E-state index contributed by atoms with van der Waals surface area (Å²) in [4.78, 5) is 21.9. The molecule has 4 heterocycles. The van der Waals surface area contributed by atoms with Crippen LogP contribution in [-0.4, -0.2) is 66.3 Å². The summed E-state index contributed by atoms with van der Waals surface area (Å²) in [5.41, 5.74) is 3.34. The summed E-state index contributed by atoms with van der Waals surface area (Å²) in [6.45, 7) is 5.27. The summed E-state index contributed by atoms with van der Waals surface area (Å²) in [6, 6.07) is 10.4. The molecule has 0 saturated carbocycles. The highest BCUT2D eigenvalue weighted by Gasteiger charge is 2.27. The second-order valence-electron chi connectivity index (χ2n) is 8.51. The first kappa shape index (κ1) is 22.1. The van der Waals surface area contributed by atoms with Crippen molar-refractivity contribution in [2.45, 2.75) is 19.9 Å². The second kappa shape index (κ2) is 8.94. The normalized spacial score (nSPS) is 14.9. The van der Waals surface area contributed by atoms with Gasteiger partial charge >= 0.3 is 0 Å². The number of carbonyl (C=O) groups excluding carboxylic acids is 1. The first-order valence-electron chi connectivity index (χ1n) is 11.1. The highest BCUT2D eigenvalue weighted by atomic mass is 19.3. The minimum Gasteiger partial charge on any atom is -0.336 e.